The number of benzene rings is 1. The van der Waals surface area contributed by atoms with Gasteiger partial charge in [-0.2, -0.15) is 0 Å². The van der Waals surface area contributed by atoms with Crippen LogP contribution < -0.4 is 0 Å². The molecule has 1 saturated heterocycles. The topological polar surface area (TPSA) is 29.5 Å². The molecule has 1 fully saturated rings. The van der Waals surface area contributed by atoms with E-state index in [1.807, 2.05) is 18.2 Å². The molecule has 3 rings (SSSR count). The summed E-state index contributed by atoms with van der Waals surface area (Å²) in [6, 6.07) is 10.6. The Kier molecular flexibility index (Phi) is 2.92. The van der Waals surface area contributed by atoms with Crippen LogP contribution >= 0.6 is 0 Å². The van der Waals surface area contributed by atoms with Crippen LogP contribution in [-0.4, -0.2) is 30.1 Å². The third-order valence-electron chi connectivity index (χ3n) is 3.93. The smallest absolute Gasteiger partial charge is 0.323 e. The molecule has 2 aliphatic rings. The van der Waals surface area contributed by atoms with Crippen molar-refractivity contribution in [1.29, 1.82) is 0 Å². The normalized spacial score (nSPS) is 29.7. The van der Waals surface area contributed by atoms with Gasteiger partial charge in [-0.1, -0.05) is 42.5 Å². The first-order chi connectivity index (χ1) is 8.79. The Balaban J connectivity index is 1.82. The van der Waals surface area contributed by atoms with Gasteiger partial charge in [0.05, 0.1) is 7.11 Å². The van der Waals surface area contributed by atoms with Gasteiger partial charge in [0.2, 0.25) is 0 Å². The second kappa shape index (κ2) is 4.58. The van der Waals surface area contributed by atoms with E-state index in [2.05, 4.69) is 29.2 Å². The second-order valence-corrected chi connectivity index (χ2v) is 4.98. The molecule has 3 atom stereocenters. The molecule has 0 amide bonds. The fourth-order valence-corrected chi connectivity index (χ4v) is 3.08. The molecule has 2 unspecified atom stereocenters. The lowest BCUT2D eigenvalue weighted by molar-refractivity contribution is -0.147. The summed E-state index contributed by atoms with van der Waals surface area (Å²) in [6.07, 6.45) is 5.42. The molecule has 1 aliphatic heterocycles. The van der Waals surface area contributed by atoms with E-state index in [0.29, 0.717) is 12.0 Å². The first-order valence-corrected chi connectivity index (χ1v) is 6.35. The van der Waals surface area contributed by atoms with Gasteiger partial charge in [0.25, 0.3) is 0 Å². The number of carbonyl (C=O) groups excluding carboxylic acids is 1. The van der Waals surface area contributed by atoms with E-state index < -0.39 is 0 Å². The number of hydrogen-bond acceptors (Lipinski definition) is 3. The van der Waals surface area contributed by atoms with Gasteiger partial charge in [0.15, 0.2) is 0 Å². The van der Waals surface area contributed by atoms with Crippen LogP contribution in [0, 0.1) is 5.92 Å². The Morgan fingerprint density at radius 2 is 2.11 bits per heavy atom. The van der Waals surface area contributed by atoms with Crippen molar-refractivity contribution in [2.45, 2.75) is 25.0 Å². The van der Waals surface area contributed by atoms with Gasteiger partial charge in [0, 0.05) is 18.5 Å². The predicted octanol–water partition coefficient (Wildman–Crippen LogP) is 1.99. The van der Waals surface area contributed by atoms with Gasteiger partial charge in [-0.15, -0.1) is 0 Å². The minimum atomic E-state index is -0.109. The first kappa shape index (κ1) is 11.5. The molecule has 0 radical (unpaired) electrons. The van der Waals surface area contributed by atoms with Crippen LogP contribution in [0.1, 0.15) is 12.0 Å². The van der Waals surface area contributed by atoms with E-state index in [0.717, 1.165) is 13.0 Å². The van der Waals surface area contributed by atoms with Crippen LogP contribution in [0.2, 0.25) is 0 Å². The van der Waals surface area contributed by atoms with E-state index in [1.54, 1.807) is 0 Å². The molecule has 3 heteroatoms. The van der Waals surface area contributed by atoms with Gasteiger partial charge >= 0.3 is 5.97 Å². The van der Waals surface area contributed by atoms with Gasteiger partial charge in [0.1, 0.15) is 6.04 Å². The molecular weight excluding hydrogens is 226 g/mol. The molecule has 0 saturated carbocycles. The summed E-state index contributed by atoms with van der Waals surface area (Å²) in [5, 5.41) is 0. The van der Waals surface area contributed by atoms with E-state index in [-0.39, 0.29) is 12.0 Å². The lowest BCUT2D eigenvalue weighted by Gasteiger charge is -2.30. The monoisotopic (exact) mass is 243 g/mol. The van der Waals surface area contributed by atoms with Crippen molar-refractivity contribution >= 4 is 5.97 Å². The van der Waals surface area contributed by atoms with E-state index in [4.69, 9.17) is 4.74 Å². The average Bonchev–Trinajstić information content (AvgIpc) is 3.00. The Morgan fingerprint density at radius 1 is 1.33 bits per heavy atom. The van der Waals surface area contributed by atoms with Crippen LogP contribution in [-0.2, 0) is 16.1 Å². The number of hydrogen-bond donors (Lipinski definition) is 0. The van der Waals surface area contributed by atoms with Crippen molar-refractivity contribution in [3.63, 3.8) is 0 Å². The minimum absolute atomic E-state index is 0.106. The van der Waals surface area contributed by atoms with Gasteiger partial charge in [-0.05, 0) is 12.0 Å². The van der Waals surface area contributed by atoms with Gasteiger partial charge < -0.3 is 4.74 Å². The zero-order valence-electron chi connectivity index (χ0n) is 10.5. The van der Waals surface area contributed by atoms with Crippen LogP contribution in [0.5, 0.6) is 0 Å². The van der Waals surface area contributed by atoms with Crippen molar-refractivity contribution in [1.82, 2.24) is 4.90 Å². The van der Waals surface area contributed by atoms with Gasteiger partial charge in [-0.3, -0.25) is 9.69 Å². The van der Waals surface area contributed by atoms with Crippen LogP contribution in [0.4, 0.5) is 0 Å². The second-order valence-electron chi connectivity index (χ2n) is 4.98. The fourth-order valence-electron chi connectivity index (χ4n) is 3.08. The lowest BCUT2D eigenvalue weighted by atomic mass is 10.0. The summed E-state index contributed by atoms with van der Waals surface area (Å²) < 4.78 is 4.94. The molecule has 1 aliphatic carbocycles. The standard InChI is InChI=1S/C15H17NO2/c1-18-15(17)14-12-7-8-13(9-12)16(14)10-11-5-3-2-4-6-11/h2-8,12-14H,9-10H2,1H3/t12?,13?,14-/m0/s1. The summed E-state index contributed by atoms with van der Waals surface area (Å²) >= 11 is 0. The summed E-state index contributed by atoms with van der Waals surface area (Å²) in [4.78, 5) is 14.2. The number of carbonyl (C=O) groups is 1. The van der Waals surface area contributed by atoms with Crippen LogP contribution in [0.25, 0.3) is 0 Å². The maximum Gasteiger partial charge on any atom is 0.323 e. The third kappa shape index (κ3) is 1.85. The molecule has 3 nitrogen and oxygen atoms in total. The van der Waals surface area contributed by atoms with Gasteiger partial charge in [-0.25, -0.2) is 0 Å². The molecule has 0 spiro atoms. The zero-order chi connectivity index (χ0) is 12.5. The predicted molar refractivity (Wildman–Crippen MR) is 68.8 cm³/mol. The average molecular weight is 243 g/mol. The molecule has 1 aromatic rings. The van der Waals surface area contributed by atoms with E-state index in [1.165, 1.54) is 12.7 Å². The highest BCUT2D eigenvalue weighted by Crippen LogP contribution is 2.38. The quantitative estimate of drug-likeness (QED) is 0.600. The van der Waals surface area contributed by atoms with Crippen molar-refractivity contribution in [2.24, 2.45) is 5.92 Å². The number of methoxy groups -OCH3 is 1. The molecule has 2 bridgehead atoms. The molecule has 1 aromatic carbocycles. The Hall–Kier alpha value is -1.61. The van der Waals surface area contributed by atoms with E-state index >= 15 is 0 Å². The van der Waals surface area contributed by atoms with Crippen LogP contribution in [0.15, 0.2) is 42.5 Å². The number of esters is 1. The van der Waals surface area contributed by atoms with Crippen molar-refractivity contribution < 1.29 is 9.53 Å². The largest absolute Gasteiger partial charge is 0.468 e. The third-order valence-corrected chi connectivity index (χ3v) is 3.93. The molecule has 18 heavy (non-hydrogen) atoms. The number of fused-ring (bicyclic) bond motifs is 2. The van der Waals surface area contributed by atoms with Crippen molar-refractivity contribution in [3.8, 4) is 0 Å². The summed E-state index contributed by atoms with van der Waals surface area (Å²) in [5.41, 5.74) is 1.24. The number of nitrogens with zero attached hydrogens (tertiary/aromatic N) is 1. The van der Waals surface area contributed by atoms with Crippen LogP contribution in [0.3, 0.4) is 0 Å². The molecule has 0 N–H and O–H groups in total. The molecule has 0 aromatic heterocycles. The maximum absolute atomic E-state index is 11.9. The Labute approximate surface area is 107 Å². The summed E-state index contributed by atoms with van der Waals surface area (Å²) in [5.74, 6) is 0.217. The number of rotatable bonds is 3. The van der Waals surface area contributed by atoms with Crippen molar-refractivity contribution in [2.75, 3.05) is 7.11 Å². The SMILES string of the molecule is COC(=O)[C@@H]1C2C=CC(C2)N1Cc1ccccc1. The Morgan fingerprint density at radius 3 is 2.83 bits per heavy atom. The highest BCUT2D eigenvalue weighted by atomic mass is 16.5. The highest BCUT2D eigenvalue weighted by Gasteiger charge is 2.46. The first-order valence-electron chi connectivity index (χ1n) is 6.35. The summed E-state index contributed by atoms with van der Waals surface area (Å²) in [6.45, 7) is 0.812. The summed E-state index contributed by atoms with van der Waals surface area (Å²) in [7, 11) is 1.47. The molecule has 1 heterocycles. The minimum Gasteiger partial charge on any atom is -0.468 e. The number of ether oxygens (including phenoxy) is 1. The molecular formula is C15H17NO2. The van der Waals surface area contributed by atoms with E-state index in [9.17, 15) is 4.79 Å². The maximum atomic E-state index is 11.9. The molecule has 94 valence electrons. The zero-order valence-corrected chi connectivity index (χ0v) is 10.5. The lowest BCUT2D eigenvalue weighted by Crippen LogP contribution is -2.44. The highest BCUT2D eigenvalue weighted by molar-refractivity contribution is 5.77. The number of likely N-dealkylation sites (tertiary alicyclic amines) is 1. The van der Waals surface area contributed by atoms with Crippen molar-refractivity contribution in [3.05, 3.63) is 48.0 Å². The Bertz CT molecular complexity index is 469. The fraction of sp³-hybridized carbons (Fsp3) is 0.400.